The molecule has 4 aromatic rings. The van der Waals surface area contributed by atoms with E-state index in [1.165, 1.54) is 11.8 Å². The number of nitrogens with zero attached hydrogens (tertiary/aromatic N) is 4. The second-order valence-electron chi connectivity index (χ2n) is 8.04. The molecule has 0 unspecified atom stereocenters. The monoisotopic (exact) mass is 459 g/mol. The average Bonchev–Trinajstić information content (AvgIpc) is 3.32. The lowest BCUT2D eigenvalue weighted by molar-refractivity contribution is -0.113. The zero-order chi connectivity index (χ0) is 22.6. The Kier molecular flexibility index (Phi) is 6.28. The van der Waals surface area contributed by atoms with Gasteiger partial charge in [0, 0.05) is 31.7 Å². The molecule has 1 N–H and O–H groups in total. The third-order valence-corrected chi connectivity index (χ3v) is 6.59. The Labute approximate surface area is 196 Å². The molecule has 1 amide bonds. The van der Waals surface area contributed by atoms with Crippen LogP contribution < -0.4 is 10.2 Å². The highest BCUT2D eigenvalue weighted by Gasteiger charge is 2.18. The lowest BCUT2D eigenvalue weighted by Gasteiger charge is -2.35. The molecule has 0 atom stereocenters. The van der Waals surface area contributed by atoms with Gasteiger partial charge in [0.15, 0.2) is 0 Å². The third kappa shape index (κ3) is 4.86. The van der Waals surface area contributed by atoms with Crippen LogP contribution in [0.2, 0.25) is 0 Å². The summed E-state index contributed by atoms with van der Waals surface area (Å²) in [4.78, 5) is 17.3. The molecule has 7 nitrogen and oxygen atoms in total. The van der Waals surface area contributed by atoms with Crippen LogP contribution >= 0.6 is 11.8 Å². The summed E-state index contributed by atoms with van der Waals surface area (Å²) >= 11 is 1.24. The lowest BCUT2D eigenvalue weighted by atomic mass is 10.0. The predicted molar refractivity (Wildman–Crippen MR) is 133 cm³/mol. The van der Waals surface area contributed by atoms with Crippen molar-refractivity contribution in [2.75, 3.05) is 49.2 Å². The number of piperazine rings is 1. The van der Waals surface area contributed by atoms with Crippen LogP contribution in [0, 0.1) is 0 Å². The van der Waals surface area contributed by atoms with Crippen LogP contribution in [0.25, 0.3) is 22.2 Å². The molecule has 1 fully saturated rings. The highest BCUT2D eigenvalue weighted by molar-refractivity contribution is 7.99. The van der Waals surface area contributed by atoms with E-state index in [4.69, 9.17) is 4.42 Å². The van der Waals surface area contributed by atoms with Gasteiger partial charge in [-0.25, -0.2) is 0 Å². The van der Waals surface area contributed by atoms with Crippen LogP contribution in [-0.2, 0) is 4.79 Å². The van der Waals surface area contributed by atoms with Crippen molar-refractivity contribution in [1.29, 1.82) is 0 Å². The molecular weight excluding hydrogens is 434 g/mol. The van der Waals surface area contributed by atoms with Gasteiger partial charge in [-0.15, -0.1) is 10.2 Å². The van der Waals surface area contributed by atoms with Gasteiger partial charge in [0.1, 0.15) is 0 Å². The first-order valence-electron chi connectivity index (χ1n) is 10.9. The summed E-state index contributed by atoms with van der Waals surface area (Å²) in [5.74, 6) is 0.537. The van der Waals surface area contributed by atoms with E-state index in [2.05, 4.69) is 50.6 Å². The van der Waals surface area contributed by atoms with Gasteiger partial charge in [0.2, 0.25) is 11.8 Å². The smallest absolute Gasteiger partial charge is 0.277 e. The summed E-state index contributed by atoms with van der Waals surface area (Å²) in [7, 11) is 2.13. The van der Waals surface area contributed by atoms with Crippen LogP contribution in [0.3, 0.4) is 0 Å². The molecule has 0 bridgehead atoms. The molecule has 0 radical (unpaired) electrons. The van der Waals surface area contributed by atoms with Gasteiger partial charge in [-0.2, -0.15) is 0 Å². The van der Waals surface area contributed by atoms with Crippen molar-refractivity contribution in [2.24, 2.45) is 0 Å². The molecule has 168 valence electrons. The van der Waals surface area contributed by atoms with Gasteiger partial charge in [-0.3, -0.25) is 4.79 Å². The van der Waals surface area contributed by atoms with Gasteiger partial charge < -0.3 is 19.5 Å². The minimum Gasteiger partial charge on any atom is -0.411 e. The van der Waals surface area contributed by atoms with Gasteiger partial charge in [0.05, 0.1) is 17.1 Å². The highest BCUT2D eigenvalue weighted by Crippen LogP contribution is 2.30. The molecule has 2 heterocycles. The molecule has 0 spiro atoms. The number of amides is 1. The number of aromatic nitrogens is 2. The SMILES string of the molecule is CN1CCN(c2ccccc2NC(=O)CSc2nnc(-c3cccc4ccccc34)o2)CC1. The topological polar surface area (TPSA) is 74.5 Å². The van der Waals surface area contributed by atoms with Crippen LogP contribution in [0.5, 0.6) is 0 Å². The maximum atomic E-state index is 12.7. The van der Waals surface area contributed by atoms with E-state index in [-0.39, 0.29) is 11.7 Å². The Hall–Kier alpha value is -3.36. The van der Waals surface area contributed by atoms with E-state index in [1.807, 2.05) is 48.5 Å². The molecule has 5 rings (SSSR count). The highest BCUT2D eigenvalue weighted by atomic mass is 32.2. The Morgan fingerprint density at radius 2 is 1.73 bits per heavy atom. The summed E-state index contributed by atoms with van der Waals surface area (Å²) in [5, 5.41) is 13.9. The molecule has 1 aliphatic rings. The van der Waals surface area contributed by atoms with Crippen LogP contribution in [0.15, 0.2) is 76.4 Å². The standard InChI is InChI=1S/C25H25N5O2S/c1-29-13-15-30(16-14-29)22-12-5-4-11-21(22)26-23(31)17-33-25-28-27-24(32-25)20-10-6-8-18-7-2-3-9-19(18)20/h2-12H,13-17H2,1H3,(H,26,31). The third-order valence-electron chi connectivity index (χ3n) is 5.78. The van der Waals surface area contributed by atoms with Crippen LogP contribution in [0.4, 0.5) is 11.4 Å². The number of hydrogen-bond acceptors (Lipinski definition) is 7. The Morgan fingerprint density at radius 3 is 2.61 bits per heavy atom. The van der Waals surface area contributed by atoms with E-state index in [9.17, 15) is 4.79 Å². The number of hydrogen-bond donors (Lipinski definition) is 1. The quantitative estimate of drug-likeness (QED) is 0.429. The molecular formula is C25H25N5O2S. The van der Waals surface area contributed by atoms with Crippen molar-refractivity contribution in [1.82, 2.24) is 15.1 Å². The van der Waals surface area contributed by atoms with Crippen LogP contribution in [-0.4, -0.2) is 60.0 Å². The molecule has 33 heavy (non-hydrogen) atoms. The number of carbonyl (C=O) groups is 1. The minimum atomic E-state index is -0.105. The Morgan fingerprint density at radius 1 is 0.970 bits per heavy atom. The Bertz CT molecular complexity index is 1260. The van der Waals surface area contributed by atoms with Gasteiger partial charge >= 0.3 is 0 Å². The first-order valence-corrected chi connectivity index (χ1v) is 11.9. The fourth-order valence-electron chi connectivity index (χ4n) is 4.00. The second-order valence-corrected chi connectivity index (χ2v) is 8.97. The summed E-state index contributed by atoms with van der Waals surface area (Å²) in [6.07, 6.45) is 0. The fraction of sp³-hybridized carbons (Fsp3) is 0.240. The first kappa shape index (κ1) is 21.5. The number of benzene rings is 3. The number of fused-ring (bicyclic) bond motifs is 1. The van der Waals surface area contributed by atoms with Gasteiger partial charge in [0.25, 0.3) is 5.22 Å². The van der Waals surface area contributed by atoms with Crippen molar-refractivity contribution in [2.45, 2.75) is 5.22 Å². The zero-order valence-corrected chi connectivity index (χ0v) is 19.2. The van der Waals surface area contributed by atoms with Crippen molar-refractivity contribution < 1.29 is 9.21 Å². The Balaban J connectivity index is 1.24. The van der Waals surface area contributed by atoms with Gasteiger partial charge in [-0.05, 0) is 36.0 Å². The summed E-state index contributed by atoms with van der Waals surface area (Å²) in [6.45, 7) is 3.90. The molecule has 3 aromatic carbocycles. The van der Waals surface area contributed by atoms with E-state index in [1.54, 1.807) is 0 Å². The zero-order valence-electron chi connectivity index (χ0n) is 18.4. The minimum absolute atomic E-state index is 0.105. The maximum absolute atomic E-state index is 12.7. The van der Waals surface area contributed by atoms with Crippen molar-refractivity contribution >= 4 is 39.8 Å². The van der Waals surface area contributed by atoms with Crippen LogP contribution in [0.1, 0.15) is 0 Å². The fourth-order valence-corrected chi connectivity index (χ4v) is 4.57. The first-order chi connectivity index (χ1) is 16.2. The van der Waals surface area contributed by atoms with Gasteiger partial charge in [-0.1, -0.05) is 60.3 Å². The van der Waals surface area contributed by atoms with Crippen molar-refractivity contribution in [3.8, 4) is 11.5 Å². The van der Waals surface area contributed by atoms with Crippen molar-refractivity contribution in [3.05, 3.63) is 66.7 Å². The predicted octanol–water partition coefficient (Wildman–Crippen LogP) is 4.37. The molecule has 1 aliphatic heterocycles. The number of carbonyl (C=O) groups excluding carboxylic acids is 1. The van der Waals surface area contributed by atoms with Crippen molar-refractivity contribution in [3.63, 3.8) is 0 Å². The van der Waals surface area contributed by atoms with E-state index >= 15 is 0 Å². The summed E-state index contributed by atoms with van der Waals surface area (Å²) in [6, 6.07) is 22.0. The normalized spacial score (nSPS) is 14.5. The molecule has 0 saturated carbocycles. The summed E-state index contributed by atoms with van der Waals surface area (Å²) in [5.41, 5.74) is 2.77. The molecule has 8 heteroatoms. The number of para-hydroxylation sites is 2. The van der Waals surface area contributed by atoms with E-state index in [0.717, 1.165) is 53.9 Å². The number of rotatable bonds is 6. The van der Waals surface area contributed by atoms with E-state index < -0.39 is 0 Å². The summed E-state index contributed by atoms with van der Waals surface area (Å²) < 4.78 is 5.86. The van der Waals surface area contributed by atoms with E-state index in [0.29, 0.717) is 11.1 Å². The average molecular weight is 460 g/mol. The number of nitrogens with one attached hydrogen (secondary N) is 1. The number of likely N-dealkylation sites (N-methyl/N-ethyl adjacent to an activating group) is 1. The largest absolute Gasteiger partial charge is 0.411 e. The number of thioether (sulfide) groups is 1. The molecule has 1 saturated heterocycles. The molecule has 0 aliphatic carbocycles. The lowest BCUT2D eigenvalue weighted by Crippen LogP contribution is -2.44. The molecule has 1 aromatic heterocycles. The second kappa shape index (κ2) is 9.64. The maximum Gasteiger partial charge on any atom is 0.277 e. The number of anilines is 2.